The number of aryl methyl sites for hydroxylation is 2. The first-order chi connectivity index (χ1) is 13.9. The number of halogens is 1. The van der Waals surface area contributed by atoms with E-state index in [9.17, 15) is 14.0 Å². The van der Waals surface area contributed by atoms with Gasteiger partial charge in [0.15, 0.2) is 5.65 Å². The molecule has 3 heterocycles. The summed E-state index contributed by atoms with van der Waals surface area (Å²) in [6.45, 7) is 3.07. The van der Waals surface area contributed by atoms with Crippen LogP contribution in [0, 0.1) is 19.7 Å². The van der Waals surface area contributed by atoms with Gasteiger partial charge in [0, 0.05) is 12.3 Å². The molecule has 8 nitrogen and oxygen atoms in total. The molecule has 0 bridgehead atoms. The Labute approximate surface area is 164 Å². The average Bonchev–Trinajstić information content (AvgIpc) is 3.00. The van der Waals surface area contributed by atoms with Gasteiger partial charge < -0.3 is 5.32 Å². The Kier molecular flexibility index (Phi) is 4.63. The van der Waals surface area contributed by atoms with E-state index in [2.05, 4.69) is 20.4 Å². The van der Waals surface area contributed by atoms with Crippen LogP contribution >= 0.6 is 0 Å². The van der Waals surface area contributed by atoms with Crippen molar-refractivity contribution in [1.82, 2.24) is 24.1 Å². The van der Waals surface area contributed by atoms with E-state index < -0.39 is 17.4 Å². The zero-order valence-electron chi connectivity index (χ0n) is 15.8. The first-order valence-electron chi connectivity index (χ1n) is 8.87. The molecule has 1 amide bonds. The lowest BCUT2D eigenvalue weighted by Gasteiger charge is -2.06. The van der Waals surface area contributed by atoms with Crippen LogP contribution in [0.15, 0.2) is 53.5 Å². The minimum absolute atomic E-state index is 0.0488. The number of hydrogen-bond acceptors (Lipinski definition) is 5. The standard InChI is InChI=1S/C20H17FN6O2/c1-12-6-7-15(14(21)9-12)24-19(28)11-26-20(29)27-13(2)23-17(10-18(27)25-26)16-5-3-4-8-22-16/h3-10H,11H2,1-2H3,(H,24,28). The van der Waals surface area contributed by atoms with E-state index in [1.807, 2.05) is 6.07 Å². The molecular formula is C20H17FN6O2. The molecule has 9 heteroatoms. The highest BCUT2D eigenvalue weighted by atomic mass is 19.1. The summed E-state index contributed by atoms with van der Waals surface area (Å²) in [5.74, 6) is -0.682. The van der Waals surface area contributed by atoms with Crippen molar-refractivity contribution in [3.05, 3.63) is 76.4 Å². The molecule has 1 aromatic carbocycles. The number of benzene rings is 1. The second kappa shape index (κ2) is 7.27. The van der Waals surface area contributed by atoms with E-state index in [0.717, 1.165) is 10.2 Å². The van der Waals surface area contributed by atoms with E-state index in [1.165, 1.54) is 16.5 Å². The SMILES string of the molecule is Cc1ccc(NC(=O)Cn2nc3cc(-c4ccccn4)nc(C)n3c2=O)c(F)c1. The number of hydrogen-bond donors (Lipinski definition) is 1. The third kappa shape index (κ3) is 3.62. The minimum atomic E-state index is -0.561. The molecule has 29 heavy (non-hydrogen) atoms. The van der Waals surface area contributed by atoms with Gasteiger partial charge in [-0.15, -0.1) is 5.10 Å². The average molecular weight is 392 g/mol. The molecule has 0 saturated heterocycles. The fourth-order valence-electron chi connectivity index (χ4n) is 3.00. The molecule has 0 atom stereocenters. The van der Waals surface area contributed by atoms with Gasteiger partial charge in [-0.1, -0.05) is 12.1 Å². The van der Waals surface area contributed by atoms with Crippen molar-refractivity contribution in [1.29, 1.82) is 0 Å². The van der Waals surface area contributed by atoms with E-state index >= 15 is 0 Å². The van der Waals surface area contributed by atoms with Gasteiger partial charge in [0.2, 0.25) is 5.91 Å². The van der Waals surface area contributed by atoms with Crippen molar-refractivity contribution in [2.75, 3.05) is 5.32 Å². The van der Waals surface area contributed by atoms with Gasteiger partial charge in [0.05, 0.1) is 17.1 Å². The maximum Gasteiger partial charge on any atom is 0.352 e. The Morgan fingerprint density at radius 1 is 1.14 bits per heavy atom. The molecule has 0 unspecified atom stereocenters. The summed E-state index contributed by atoms with van der Waals surface area (Å²) in [6, 6.07) is 11.5. The second-order valence-electron chi connectivity index (χ2n) is 6.57. The molecule has 1 N–H and O–H groups in total. The third-order valence-electron chi connectivity index (χ3n) is 4.36. The van der Waals surface area contributed by atoms with Crippen molar-refractivity contribution < 1.29 is 9.18 Å². The zero-order valence-corrected chi connectivity index (χ0v) is 15.8. The summed E-state index contributed by atoms with van der Waals surface area (Å²) in [4.78, 5) is 33.6. The van der Waals surface area contributed by atoms with Crippen LogP contribution in [0.3, 0.4) is 0 Å². The summed E-state index contributed by atoms with van der Waals surface area (Å²) in [5, 5.41) is 6.68. The minimum Gasteiger partial charge on any atom is -0.322 e. The Morgan fingerprint density at radius 2 is 1.97 bits per heavy atom. The lowest BCUT2D eigenvalue weighted by atomic mass is 10.2. The van der Waals surface area contributed by atoms with Crippen molar-refractivity contribution in [2.24, 2.45) is 0 Å². The predicted molar refractivity (Wildman–Crippen MR) is 105 cm³/mol. The van der Waals surface area contributed by atoms with Gasteiger partial charge in [-0.05, 0) is 43.7 Å². The zero-order chi connectivity index (χ0) is 20.5. The van der Waals surface area contributed by atoms with Gasteiger partial charge in [-0.3, -0.25) is 9.78 Å². The molecule has 4 aromatic rings. The van der Waals surface area contributed by atoms with Gasteiger partial charge in [-0.2, -0.15) is 0 Å². The molecular weight excluding hydrogens is 375 g/mol. The maximum absolute atomic E-state index is 13.9. The lowest BCUT2D eigenvalue weighted by molar-refractivity contribution is -0.117. The number of fused-ring (bicyclic) bond motifs is 1. The number of nitrogens with zero attached hydrogens (tertiary/aromatic N) is 5. The number of carbonyl (C=O) groups is 1. The third-order valence-corrected chi connectivity index (χ3v) is 4.36. The second-order valence-corrected chi connectivity index (χ2v) is 6.57. The van der Waals surface area contributed by atoms with Gasteiger partial charge >= 0.3 is 5.69 Å². The van der Waals surface area contributed by atoms with Crippen LogP contribution in [-0.2, 0) is 11.3 Å². The highest BCUT2D eigenvalue weighted by Gasteiger charge is 2.16. The maximum atomic E-state index is 13.9. The smallest absolute Gasteiger partial charge is 0.322 e. The molecule has 146 valence electrons. The van der Waals surface area contributed by atoms with Crippen LogP contribution in [0.2, 0.25) is 0 Å². The number of anilines is 1. The Balaban J connectivity index is 1.64. The van der Waals surface area contributed by atoms with Crippen molar-refractivity contribution in [3.8, 4) is 11.4 Å². The number of amides is 1. The molecule has 0 aliphatic carbocycles. The highest BCUT2D eigenvalue weighted by molar-refractivity contribution is 5.90. The number of pyridine rings is 1. The number of carbonyl (C=O) groups excluding carboxylic acids is 1. The molecule has 3 aromatic heterocycles. The van der Waals surface area contributed by atoms with E-state index in [1.54, 1.807) is 44.3 Å². The topological polar surface area (TPSA) is 94.2 Å². The van der Waals surface area contributed by atoms with Gasteiger partial charge in [0.25, 0.3) is 0 Å². The largest absolute Gasteiger partial charge is 0.352 e. The number of aromatic nitrogens is 5. The first-order valence-corrected chi connectivity index (χ1v) is 8.87. The summed E-state index contributed by atoms with van der Waals surface area (Å²) < 4.78 is 16.3. The van der Waals surface area contributed by atoms with Crippen LogP contribution in [0.5, 0.6) is 0 Å². The van der Waals surface area contributed by atoms with E-state index in [4.69, 9.17) is 0 Å². The van der Waals surface area contributed by atoms with Gasteiger partial charge in [0.1, 0.15) is 18.2 Å². The van der Waals surface area contributed by atoms with Crippen molar-refractivity contribution >= 4 is 17.2 Å². The van der Waals surface area contributed by atoms with Crippen LogP contribution in [0.4, 0.5) is 10.1 Å². The molecule has 0 radical (unpaired) electrons. The molecule has 0 aliphatic heterocycles. The molecule has 4 rings (SSSR count). The summed E-state index contributed by atoms with van der Waals surface area (Å²) in [7, 11) is 0. The molecule has 0 saturated carbocycles. The van der Waals surface area contributed by atoms with Crippen LogP contribution in [0.1, 0.15) is 11.4 Å². The first kappa shape index (κ1) is 18.5. The summed E-state index contributed by atoms with van der Waals surface area (Å²) in [5.41, 5.74) is 1.85. The Morgan fingerprint density at radius 3 is 2.69 bits per heavy atom. The number of nitrogens with one attached hydrogen (secondary N) is 1. The fraction of sp³-hybridized carbons (Fsp3) is 0.150. The Bertz CT molecular complexity index is 1280. The fourth-order valence-corrected chi connectivity index (χ4v) is 3.00. The molecule has 0 aliphatic rings. The summed E-state index contributed by atoms with van der Waals surface area (Å²) in [6.07, 6.45) is 1.65. The normalized spacial score (nSPS) is 11.0. The highest BCUT2D eigenvalue weighted by Crippen LogP contribution is 2.16. The molecule has 0 fully saturated rings. The van der Waals surface area contributed by atoms with Crippen molar-refractivity contribution in [3.63, 3.8) is 0 Å². The summed E-state index contributed by atoms with van der Waals surface area (Å²) >= 11 is 0. The number of rotatable bonds is 4. The van der Waals surface area contributed by atoms with E-state index in [-0.39, 0.29) is 12.2 Å². The van der Waals surface area contributed by atoms with Crippen LogP contribution < -0.4 is 11.0 Å². The molecule has 0 spiro atoms. The Hall–Kier alpha value is -3.88. The monoisotopic (exact) mass is 392 g/mol. The quantitative estimate of drug-likeness (QED) is 0.575. The lowest BCUT2D eigenvalue weighted by Crippen LogP contribution is -2.29. The predicted octanol–water partition coefficient (Wildman–Crippen LogP) is 2.35. The van der Waals surface area contributed by atoms with E-state index in [0.29, 0.717) is 22.9 Å². The van der Waals surface area contributed by atoms with Gasteiger partial charge in [-0.25, -0.2) is 23.3 Å². The van der Waals surface area contributed by atoms with Crippen LogP contribution in [0.25, 0.3) is 17.0 Å². The van der Waals surface area contributed by atoms with Crippen molar-refractivity contribution in [2.45, 2.75) is 20.4 Å². The van der Waals surface area contributed by atoms with Crippen LogP contribution in [-0.4, -0.2) is 30.1 Å².